The molecule has 0 unspecified atom stereocenters. The van der Waals surface area contributed by atoms with Gasteiger partial charge in [0.1, 0.15) is 10.8 Å². The molecule has 9 heteroatoms. The summed E-state index contributed by atoms with van der Waals surface area (Å²) >= 11 is 1.06. The standard InChI is InChI=1S/C27H24N2O5S2/c1-34-24-15-22(27(30)31)12-13-23(24)29-36(32,33)25-16-28-26(35-25)19-9-6-18(7-10-19)21-11-8-17-4-2-3-5-20(17)14-21/h6-16,29H,2-5H2,1H3,(H,30,31). The van der Waals surface area contributed by atoms with Gasteiger partial charge < -0.3 is 9.84 Å². The van der Waals surface area contributed by atoms with Gasteiger partial charge in [0.2, 0.25) is 0 Å². The molecule has 2 N–H and O–H groups in total. The van der Waals surface area contributed by atoms with Crippen LogP contribution in [0.2, 0.25) is 0 Å². The number of thiazole rings is 1. The molecule has 0 saturated heterocycles. The second kappa shape index (κ2) is 9.75. The lowest BCUT2D eigenvalue weighted by Gasteiger charge is -2.16. The van der Waals surface area contributed by atoms with Crippen molar-refractivity contribution in [2.24, 2.45) is 0 Å². The van der Waals surface area contributed by atoms with Crippen LogP contribution < -0.4 is 9.46 Å². The van der Waals surface area contributed by atoms with Crippen LogP contribution >= 0.6 is 11.3 Å². The molecule has 1 aromatic heterocycles. The summed E-state index contributed by atoms with van der Waals surface area (Å²) in [6.07, 6.45) is 6.09. The molecule has 3 aromatic carbocycles. The molecular formula is C27H24N2O5S2. The van der Waals surface area contributed by atoms with E-state index in [1.807, 2.05) is 24.3 Å². The first kappa shape index (κ1) is 24.0. The van der Waals surface area contributed by atoms with E-state index in [1.165, 1.54) is 61.0 Å². The van der Waals surface area contributed by atoms with Gasteiger partial charge in [0, 0.05) is 5.56 Å². The van der Waals surface area contributed by atoms with E-state index in [0.29, 0.717) is 5.01 Å². The average Bonchev–Trinajstić information content (AvgIpc) is 3.40. The Morgan fingerprint density at radius 3 is 2.36 bits per heavy atom. The van der Waals surface area contributed by atoms with Crippen molar-refractivity contribution < 1.29 is 23.1 Å². The number of hydrogen-bond donors (Lipinski definition) is 2. The molecule has 0 aliphatic heterocycles. The number of aryl methyl sites for hydroxylation is 2. The van der Waals surface area contributed by atoms with E-state index in [0.717, 1.165) is 35.3 Å². The molecule has 184 valence electrons. The van der Waals surface area contributed by atoms with Crippen LogP contribution in [0.25, 0.3) is 21.7 Å². The maximum Gasteiger partial charge on any atom is 0.335 e. The Kier molecular flexibility index (Phi) is 6.51. The SMILES string of the molecule is COc1cc(C(=O)O)ccc1NS(=O)(=O)c1cnc(-c2ccc(-c3ccc4c(c3)CCCC4)cc2)s1. The number of nitrogens with zero attached hydrogens (tertiary/aromatic N) is 1. The quantitative estimate of drug-likeness (QED) is 0.316. The van der Waals surface area contributed by atoms with Crippen LogP contribution in [0.1, 0.15) is 34.3 Å². The van der Waals surface area contributed by atoms with E-state index < -0.39 is 16.0 Å². The number of sulfonamides is 1. The first-order valence-electron chi connectivity index (χ1n) is 11.5. The van der Waals surface area contributed by atoms with Gasteiger partial charge in [-0.15, -0.1) is 11.3 Å². The molecule has 1 aliphatic rings. The van der Waals surface area contributed by atoms with Gasteiger partial charge in [0.05, 0.1) is 24.6 Å². The van der Waals surface area contributed by atoms with Gasteiger partial charge in [0.25, 0.3) is 10.0 Å². The lowest BCUT2D eigenvalue weighted by Crippen LogP contribution is -2.12. The molecular weight excluding hydrogens is 496 g/mol. The largest absolute Gasteiger partial charge is 0.495 e. The predicted molar refractivity (Wildman–Crippen MR) is 140 cm³/mol. The third-order valence-corrected chi connectivity index (χ3v) is 9.13. The maximum absolute atomic E-state index is 13.0. The van der Waals surface area contributed by atoms with E-state index in [4.69, 9.17) is 9.84 Å². The molecule has 1 aliphatic carbocycles. The zero-order valence-electron chi connectivity index (χ0n) is 19.5. The summed E-state index contributed by atoms with van der Waals surface area (Å²) in [6.45, 7) is 0. The maximum atomic E-state index is 13.0. The number of aromatic carboxylic acids is 1. The van der Waals surface area contributed by atoms with Crippen molar-refractivity contribution in [2.45, 2.75) is 29.9 Å². The highest BCUT2D eigenvalue weighted by atomic mass is 32.2. The number of methoxy groups -OCH3 is 1. The van der Waals surface area contributed by atoms with Crippen LogP contribution in [0.15, 0.2) is 71.1 Å². The monoisotopic (exact) mass is 520 g/mol. The van der Waals surface area contributed by atoms with Crippen molar-refractivity contribution >= 4 is 33.0 Å². The summed E-state index contributed by atoms with van der Waals surface area (Å²) in [4.78, 5) is 15.5. The second-order valence-corrected chi connectivity index (χ2v) is 11.5. The minimum atomic E-state index is -3.95. The Morgan fingerprint density at radius 2 is 1.64 bits per heavy atom. The van der Waals surface area contributed by atoms with Gasteiger partial charge in [-0.1, -0.05) is 42.5 Å². The number of carbonyl (C=O) groups is 1. The van der Waals surface area contributed by atoms with Gasteiger partial charge in [-0.25, -0.2) is 18.2 Å². The number of fused-ring (bicyclic) bond motifs is 1. The number of nitrogens with one attached hydrogen (secondary N) is 1. The van der Waals surface area contributed by atoms with Gasteiger partial charge in [-0.2, -0.15) is 0 Å². The molecule has 0 saturated carbocycles. The van der Waals surface area contributed by atoms with Crippen molar-refractivity contribution in [3.63, 3.8) is 0 Å². The zero-order valence-corrected chi connectivity index (χ0v) is 21.2. The van der Waals surface area contributed by atoms with Crippen molar-refractivity contribution in [1.82, 2.24) is 4.98 Å². The third-order valence-electron chi connectivity index (χ3n) is 6.26. The fourth-order valence-electron chi connectivity index (χ4n) is 4.34. The molecule has 0 spiro atoms. The molecule has 36 heavy (non-hydrogen) atoms. The Balaban J connectivity index is 1.36. The van der Waals surface area contributed by atoms with Gasteiger partial charge in [-0.05, 0) is 66.1 Å². The Morgan fingerprint density at radius 1 is 0.944 bits per heavy atom. The fraction of sp³-hybridized carbons (Fsp3) is 0.185. The number of aromatic nitrogens is 1. The van der Waals surface area contributed by atoms with Crippen molar-refractivity contribution in [1.29, 1.82) is 0 Å². The van der Waals surface area contributed by atoms with Gasteiger partial charge in [-0.3, -0.25) is 4.72 Å². The van der Waals surface area contributed by atoms with Crippen molar-refractivity contribution in [3.05, 3.63) is 83.6 Å². The molecule has 7 nitrogen and oxygen atoms in total. The summed E-state index contributed by atoms with van der Waals surface area (Å²) in [6, 6.07) is 18.6. The Hall–Kier alpha value is -3.69. The van der Waals surface area contributed by atoms with Crippen LogP contribution in [0.3, 0.4) is 0 Å². The molecule has 0 amide bonds. The van der Waals surface area contributed by atoms with E-state index in [1.54, 1.807) is 0 Å². The van der Waals surface area contributed by atoms with Gasteiger partial charge >= 0.3 is 5.97 Å². The number of rotatable bonds is 7. The van der Waals surface area contributed by atoms with E-state index >= 15 is 0 Å². The molecule has 0 bridgehead atoms. The summed E-state index contributed by atoms with van der Waals surface area (Å²) in [5.74, 6) is -1.02. The van der Waals surface area contributed by atoms with Crippen LogP contribution in [0.4, 0.5) is 5.69 Å². The average molecular weight is 521 g/mol. The van der Waals surface area contributed by atoms with E-state index in [2.05, 4.69) is 27.9 Å². The Labute approximate surface area is 213 Å². The third kappa shape index (κ3) is 4.84. The highest BCUT2D eigenvalue weighted by Gasteiger charge is 2.21. The fourth-order valence-corrected chi connectivity index (χ4v) is 6.55. The Bertz CT molecular complexity index is 1540. The molecule has 0 atom stereocenters. The highest BCUT2D eigenvalue weighted by Crippen LogP contribution is 2.34. The number of carboxylic acids is 1. The summed E-state index contributed by atoms with van der Waals surface area (Å²) in [5, 5.41) is 9.73. The summed E-state index contributed by atoms with van der Waals surface area (Å²) in [5.41, 5.74) is 6.13. The molecule has 0 radical (unpaired) electrons. The van der Waals surface area contributed by atoms with Crippen LogP contribution in [0.5, 0.6) is 5.75 Å². The van der Waals surface area contributed by atoms with Crippen LogP contribution in [-0.4, -0.2) is 31.6 Å². The van der Waals surface area contributed by atoms with E-state index in [-0.39, 0.29) is 21.2 Å². The lowest BCUT2D eigenvalue weighted by atomic mass is 9.89. The topological polar surface area (TPSA) is 106 Å². The number of anilines is 1. The first-order valence-corrected chi connectivity index (χ1v) is 13.8. The van der Waals surface area contributed by atoms with Crippen molar-refractivity contribution in [3.8, 4) is 27.4 Å². The second-order valence-electron chi connectivity index (χ2n) is 8.58. The smallest absolute Gasteiger partial charge is 0.335 e. The minimum Gasteiger partial charge on any atom is -0.495 e. The van der Waals surface area contributed by atoms with Gasteiger partial charge in [0.15, 0.2) is 4.21 Å². The molecule has 5 rings (SSSR count). The first-order chi connectivity index (χ1) is 17.3. The van der Waals surface area contributed by atoms with Crippen LogP contribution in [0, 0.1) is 0 Å². The summed E-state index contributed by atoms with van der Waals surface area (Å²) < 4.78 is 33.6. The lowest BCUT2D eigenvalue weighted by molar-refractivity contribution is 0.0696. The number of ether oxygens (including phenoxy) is 1. The number of hydrogen-bond acceptors (Lipinski definition) is 6. The zero-order chi connectivity index (χ0) is 25.3. The van der Waals surface area contributed by atoms with E-state index in [9.17, 15) is 13.2 Å². The minimum absolute atomic E-state index is 0.00583. The number of carboxylic acid groups (broad SMARTS) is 1. The molecule has 4 aromatic rings. The highest BCUT2D eigenvalue weighted by molar-refractivity contribution is 7.94. The summed E-state index contributed by atoms with van der Waals surface area (Å²) in [7, 11) is -2.60. The molecule has 1 heterocycles. The van der Waals surface area contributed by atoms with Crippen molar-refractivity contribution in [2.75, 3.05) is 11.8 Å². The molecule has 0 fully saturated rings. The normalized spacial score (nSPS) is 13.1. The number of benzene rings is 3. The van der Waals surface area contributed by atoms with Crippen LogP contribution in [-0.2, 0) is 22.9 Å². The predicted octanol–water partition coefficient (Wildman–Crippen LogP) is 5.86.